The maximum absolute atomic E-state index is 11.5. The molecule has 3 heteroatoms. The number of ether oxygens (including phenoxy) is 1. The van der Waals surface area contributed by atoms with Crippen molar-refractivity contribution in [2.75, 3.05) is 26.8 Å². The van der Waals surface area contributed by atoms with Gasteiger partial charge in [0.1, 0.15) is 0 Å². The van der Waals surface area contributed by atoms with E-state index in [-0.39, 0.29) is 5.91 Å². The first kappa shape index (κ1) is 10.3. The van der Waals surface area contributed by atoms with Crippen molar-refractivity contribution in [3.05, 3.63) is 12.2 Å². The van der Waals surface area contributed by atoms with Crippen molar-refractivity contribution in [1.29, 1.82) is 0 Å². The minimum atomic E-state index is 0.203. The van der Waals surface area contributed by atoms with Crippen LogP contribution >= 0.6 is 0 Å². The maximum atomic E-state index is 11.5. The van der Waals surface area contributed by atoms with E-state index in [1.54, 1.807) is 7.11 Å². The molecule has 0 spiro atoms. The molecule has 0 bridgehead atoms. The van der Waals surface area contributed by atoms with Crippen molar-refractivity contribution in [3.63, 3.8) is 0 Å². The molecule has 0 atom stereocenters. The molecular formula is C10H17NO2. The first-order valence-electron chi connectivity index (χ1n) is 4.67. The first-order valence-corrected chi connectivity index (χ1v) is 4.67. The van der Waals surface area contributed by atoms with Crippen LogP contribution in [0.4, 0.5) is 0 Å². The van der Waals surface area contributed by atoms with Crippen LogP contribution in [0.25, 0.3) is 0 Å². The summed E-state index contributed by atoms with van der Waals surface area (Å²) in [6.07, 6.45) is 2.42. The molecule has 74 valence electrons. The number of likely N-dealkylation sites (tertiary alicyclic amines) is 1. The number of carbonyl (C=O) groups is 1. The lowest BCUT2D eigenvalue weighted by atomic mass is 10.1. The molecule has 13 heavy (non-hydrogen) atoms. The Bertz CT molecular complexity index is 191. The molecule has 0 radical (unpaired) electrons. The molecule has 0 aromatic heterocycles. The Morgan fingerprint density at radius 1 is 1.54 bits per heavy atom. The molecule has 1 amide bonds. The molecule has 0 aromatic rings. The predicted octanol–water partition coefficient (Wildman–Crippen LogP) is 1.20. The highest BCUT2D eigenvalue weighted by atomic mass is 16.5. The number of piperidine rings is 1. The lowest BCUT2D eigenvalue weighted by Crippen LogP contribution is -2.36. The van der Waals surface area contributed by atoms with Crippen LogP contribution in [0.2, 0.25) is 0 Å². The summed E-state index contributed by atoms with van der Waals surface area (Å²) in [7, 11) is 1.62. The van der Waals surface area contributed by atoms with Gasteiger partial charge in [0.05, 0.1) is 13.0 Å². The van der Waals surface area contributed by atoms with Crippen molar-refractivity contribution in [3.8, 4) is 0 Å². The molecule has 0 aromatic carbocycles. The predicted molar refractivity (Wildman–Crippen MR) is 51.4 cm³/mol. The molecule has 1 saturated heterocycles. The van der Waals surface area contributed by atoms with E-state index >= 15 is 0 Å². The van der Waals surface area contributed by atoms with E-state index in [1.807, 2.05) is 4.90 Å². The van der Waals surface area contributed by atoms with Gasteiger partial charge in [-0.15, -0.1) is 0 Å². The highest BCUT2D eigenvalue weighted by Gasteiger charge is 2.17. The van der Waals surface area contributed by atoms with E-state index in [0.717, 1.165) is 25.9 Å². The summed E-state index contributed by atoms with van der Waals surface area (Å²) in [5.74, 6) is 0.203. The summed E-state index contributed by atoms with van der Waals surface area (Å²) in [4.78, 5) is 13.4. The average molecular weight is 183 g/mol. The van der Waals surface area contributed by atoms with Gasteiger partial charge < -0.3 is 9.64 Å². The molecular weight excluding hydrogens is 166 g/mol. The summed E-state index contributed by atoms with van der Waals surface area (Å²) in [6, 6.07) is 0. The van der Waals surface area contributed by atoms with Gasteiger partial charge in [-0.3, -0.25) is 4.79 Å². The van der Waals surface area contributed by atoms with Gasteiger partial charge in [0, 0.05) is 20.2 Å². The Balaban J connectivity index is 2.27. The number of hydrogen-bond donors (Lipinski definition) is 0. The summed E-state index contributed by atoms with van der Waals surface area (Å²) < 4.78 is 4.86. The molecule has 1 aliphatic heterocycles. The number of amides is 1. The fraction of sp³-hybridized carbons (Fsp3) is 0.700. The molecule has 1 rings (SSSR count). The number of hydrogen-bond acceptors (Lipinski definition) is 2. The Kier molecular flexibility index (Phi) is 3.96. The standard InChI is InChI=1S/C10H17NO2/c1-9-3-6-11(7-4-9)10(12)5-8-13-2/h1,3-8H2,2H3. The molecule has 0 N–H and O–H groups in total. The smallest absolute Gasteiger partial charge is 0.224 e. The van der Waals surface area contributed by atoms with Gasteiger partial charge in [-0.25, -0.2) is 0 Å². The second kappa shape index (κ2) is 5.02. The number of nitrogens with zero attached hydrogens (tertiary/aromatic N) is 1. The topological polar surface area (TPSA) is 29.5 Å². The molecule has 1 fully saturated rings. The van der Waals surface area contributed by atoms with Gasteiger partial charge in [-0.05, 0) is 12.8 Å². The number of carbonyl (C=O) groups excluding carboxylic acids is 1. The SMILES string of the molecule is C=C1CCN(C(=O)CCOC)CC1. The Labute approximate surface area is 79.4 Å². The van der Waals surface area contributed by atoms with E-state index in [1.165, 1.54) is 5.57 Å². The zero-order valence-corrected chi connectivity index (χ0v) is 8.21. The first-order chi connectivity index (χ1) is 6.24. The van der Waals surface area contributed by atoms with E-state index in [2.05, 4.69) is 6.58 Å². The molecule has 1 aliphatic rings. The molecule has 0 aliphatic carbocycles. The van der Waals surface area contributed by atoms with E-state index in [4.69, 9.17) is 4.74 Å². The van der Waals surface area contributed by atoms with Crippen LogP contribution in [0, 0.1) is 0 Å². The van der Waals surface area contributed by atoms with Crippen molar-refractivity contribution in [2.24, 2.45) is 0 Å². The third kappa shape index (κ3) is 3.19. The molecule has 0 saturated carbocycles. The number of rotatable bonds is 3. The maximum Gasteiger partial charge on any atom is 0.224 e. The van der Waals surface area contributed by atoms with Crippen molar-refractivity contribution in [1.82, 2.24) is 4.90 Å². The largest absolute Gasteiger partial charge is 0.384 e. The van der Waals surface area contributed by atoms with Crippen LogP contribution in [0.3, 0.4) is 0 Å². The number of methoxy groups -OCH3 is 1. The zero-order valence-electron chi connectivity index (χ0n) is 8.21. The van der Waals surface area contributed by atoms with Crippen LogP contribution in [-0.2, 0) is 9.53 Å². The monoisotopic (exact) mass is 183 g/mol. The highest BCUT2D eigenvalue weighted by Crippen LogP contribution is 2.14. The second-order valence-electron chi connectivity index (χ2n) is 3.37. The summed E-state index contributed by atoms with van der Waals surface area (Å²) in [5.41, 5.74) is 1.26. The van der Waals surface area contributed by atoms with Crippen LogP contribution in [-0.4, -0.2) is 37.6 Å². The lowest BCUT2D eigenvalue weighted by molar-refractivity contribution is -0.132. The van der Waals surface area contributed by atoms with Gasteiger partial charge in [0.25, 0.3) is 0 Å². The molecule has 0 unspecified atom stereocenters. The van der Waals surface area contributed by atoms with Gasteiger partial charge in [-0.2, -0.15) is 0 Å². The van der Waals surface area contributed by atoms with Crippen molar-refractivity contribution in [2.45, 2.75) is 19.3 Å². The van der Waals surface area contributed by atoms with Crippen LogP contribution < -0.4 is 0 Å². The van der Waals surface area contributed by atoms with E-state index in [0.29, 0.717) is 13.0 Å². The van der Waals surface area contributed by atoms with E-state index < -0.39 is 0 Å². The third-order valence-corrected chi connectivity index (χ3v) is 2.34. The quantitative estimate of drug-likeness (QED) is 0.615. The van der Waals surface area contributed by atoms with Gasteiger partial charge >= 0.3 is 0 Å². The summed E-state index contributed by atoms with van der Waals surface area (Å²) in [6.45, 7) is 6.10. The fourth-order valence-corrected chi connectivity index (χ4v) is 1.42. The Morgan fingerprint density at radius 3 is 2.69 bits per heavy atom. The zero-order chi connectivity index (χ0) is 9.68. The van der Waals surface area contributed by atoms with Gasteiger partial charge in [-0.1, -0.05) is 12.2 Å². The highest BCUT2D eigenvalue weighted by molar-refractivity contribution is 5.76. The van der Waals surface area contributed by atoms with Crippen LogP contribution in [0.5, 0.6) is 0 Å². The second-order valence-corrected chi connectivity index (χ2v) is 3.37. The summed E-state index contributed by atoms with van der Waals surface area (Å²) in [5, 5.41) is 0. The Hall–Kier alpha value is -0.830. The minimum absolute atomic E-state index is 0.203. The lowest BCUT2D eigenvalue weighted by Gasteiger charge is -2.27. The summed E-state index contributed by atoms with van der Waals surface area (Å²) >= 11 is 0. The third-order valence-electron chi connectivity index (χ3n) is 2.34. The minimum Gasteiger partial charge on any atom is -0.384 e. The van der Waals surface area contributed by atoms with Crippen molar-refractivity contribution < 1.29 is 9.53 Å². The van der Waals surface area contributed by atoms with E-state index in [9.17, 15) is 4.79 Å². The Morgan fingerprint density at radius 2 is 2.15 bits per heavy atom. The van der Waals surface area contributed by atoms with Gasteiger partial charge in [0.2, 0.25) is 5.91 Å². The normalized spacial score (nSPS) is 17.6. The average Bonchev–Trinajstić information content (AvgIpc) is 2.15. The molecule has 1 heterocycles. The van der Waals surface area contributed by atoms with Crippen LogP contribution in [0.1, 0.15) is 19.3 Å². The molecule has 3 nitrogen and oxygen atoms in total. The fourth-order valence-electron chi connectivity index (χ4n) is 1.42. The van der Waals surface area contributed by atoms with Crippen molar-refractivity contribution >= 4 is 5.91 Å². The van der Waals surface area contributed by atoms with Crippen LogP contribution in [0.15, 0.2) is 12.2 Å². The van der Waals surface area contributed by atoms with Gasteiger partial charge in [0.15, 0.2) is 0 Å².